The first-order valence-electron chi connectivity index (χ1n) is 8.07. The molecule has 2 rings (SSSR count). The van der Waals surface area contributed by atoms with Crippen molar-refractivity contribution in [3.05, 3.63) is 65.9 Å². The van der Waals surface area contributed by atoms with Gasteiger partial charge in [0.25, 0.3) is 16.0 Å². The van der Waals surface area contributed by atoms with Crippen molar-refractivity contribution in [3.8, 4) is 6.07 Å². The van der Waals surface area contributed by atoms with E-state index >= 15 is 0 Å². The van der Waals surface area contributed by atoms with E-state index in [2.05, 4.69) is 10.6 Å². The average molecular weight is 385 g/mol. The van der Waals surface area contributed by atoms with Crippen LogP contribution in [0.1, 0.15) is 25.3 Å². The van der Waals surface area contributed by atoms with Gasteiger partial charge >= 0.3 is 0 Å². The summed E-state index contributed by atoms with van der Waals surface area (Å²) in [6, 6.07) is 14.3. The Labute approximate surface area is 158 Å². The zero-order chi connectivity index (χ0) is 20.0. The molecule has 2 aromatic carbocycles. The highest BCUT2D eigenvalue weighted by Crippen LogP contribution is 2.24. The predicted octanol–water partition coefficient (Wildman–Crippen LogP) is 3.51. The van der Waals surface area contributed by atoms with Gasteiger partial charge in [-0.1, -0.05) is 32.0 Å². The lowest BCUT2D eigenvalue weighted by Crippen LogP contribution is -2.14. The summed E-state index contributed by atoms with van der Waals surface area (Å²) in [6.45, 7) is 4.08. The van der Waals surface area contributed by atoms with Gasteiger partial charge in [0.2, 0.25) is 0 Å². The number of rotatable bonds is 6. The van der Waals surface area contributed by atoms with Crippen molar-refractivity contribution < 1.29 is 17.8 Å². The van der Waals surface area contributed by atoms with Gasteiger partial charge in [0, 0.05) is 17.6 Å². The van der Waals surface area contributed by atoms with Gasteiger partial charge in [-0.25, -0.2) is 0 Å². The number of benzene rings is 2. The predicted molar refractivity (Wildman–Crippen MR) is 103 cm³/mol. The number of carbonyl (C=O) groups is 1. The summed E-state index contributed by atoms with van der Waals surface area (Å²) >= 11 is 0. The van der Waals surface area contributed by atoms with Crippen LogP contribution in [0.15, 0.2) is 65.2 Å². The second-order valence-electron chi connectivity index (χ2n) is 6.01. The summed E-state index contributed by atoms with van der Waals surface area (Å²) in [5.41, 5.74) is 1.99. The topological polar surface area (TPSA) is 119 Å². The van der Waals surface area contributed by atoms with E-state index in [0.29, 0.717) is 0 Å². The fourth-order valence-corrected chi connectivity index (χ4v) is 2.82. The van der Waals surface area contributed by atoms with E-state index in [1.165, 1.54) is 18.3 Å². The maximum atomic E-state index is 12.3. The van der Waals surface area contributed by atoms with Crippen LogP contribution in [0, 0.1) is 11.3 Å². The van der Waals surface area contributed by atoms with Gasteiger partial charge in [-0.2, -0.15) is 13.7 Å². The van der Waals surface area contributed by atoms with Gasteiger partial charge in [0.05, 0.1) is 4.90 Å². The Bertz CT molecular complexity index is 1000. The second-order valence-corrected chi connectivity index (χ2v) is 7.43. The molecule has 0 atom stereocenters. The molecule has 0 heterocycles. The van der Waals surface area contributed by atoms with Crippen LogP contribution in [0.25, 0.3) is 0 Å². The molecule has 3 N–H and O–H groups in total. The summed E-state index contributed by atoms with van der Waals surface area (Å²) in [6.07, 6.45) is 1.32. The van der Waals surface area contributed by atoms with Crippen LogP contribution in [0.4, 0.5) is 11.4 Å². The Morgan fingerprint density at radius 2 is 1.78 bits per heavy atom. The van der Waals surface area contributed by atoms with Gasteiger partial charge in [-0.05, 0) is 41.8 Å². The number of anilines is 2. The molecule has 0 aliphatic rings. The minimum Gasteiger partial charge on any atom is -0.360 e. The molecule has 0 aliphatic carbocycles. The number of amides is 1. The van der Waals surface area contributed by atoms with Crippen molar-refractivity contribution in [1.29, 1.82) is 5.26 Å². The van der Waals surface area contributed by atoms with Crippen LogP contribution < -0.4 is 10.6 Å². The molecule has 0 saturated heterocycles. The monoisotopic (exact) mass is 385 g/mol. The third-order valence-electron chi connectivity index (χ3n) is 3.73. The zero-order valence-corrected chi connectivity index (χ0v) is 15.6. The standard InChI is InChI=1S/C19H19N3O4S/c1-13(2)17-5-3-4-6-18(17)21-12-14(11-20)19(23)22-15-7-9-16(10-8-15)27(24,25)26/h3-10,12-13,21H,1-2H3,(H,22,23)(H,24,25,26)/b14-12-. The minimum absolute atomic E-state index is 0.146. The number of nitrogens with one attached hydrogen (secondary N) is 2. The molecule has 0 bridgehead atoms. The minimum atomic E-state index is -4.31. The van der Waals surface area contributed by atoms with Crippen LogP contribution in [-0.4, -0.2) is 18.9 Å². The van der Waals surface area contributed by atoms with Crippen molar-refractivity contribution >= 4 is 27.4 Å². The molecule has 0 radical (unpaired) electrons. The van der Waals surface area contributed by atoms with Crippen molar-refractivity contribution in [3.63, 3.8) is 0 Å². The van der Waals surface area contributed by atoms with E-state index in [9.17, 15) is 18.5 Å². The summed E-state index contributed by atoms with van der Waals surface area (Å²) in [7, 11) is -4.31. The summed E-state index contributed by atoms with van der Waals surface area (Å²) in [5, 5.41) is 14.7. The third kappa shape index (κ3) is 5.41. The van der Waals surface area contributed by atoms with Gasteiger partial charge in [0.1, 0.15) is 11.6 Å². The molecule has 1 amide bonds. The number of nitrogens with zero attached hydrogens (tertiary/aromatic N) is 1. The number of para-hydroxylation sites is 1. The van der Waals surface area contributed by atoms with E-state index in [1.54, 1.807) is 0 Å². The van der Waals surface area contributed by atoms with E-state index in [0.717, 1.165) is 23.4 Å². The number of hydrogen-bond donors (Lipinski definition) is 3. The lowest BCUT2D eigenvalue weighted by molar-refractivity contribution is -0.112. The van der Waals surface area contributed by atoms with E-state index in [-0.39, 0.29) is 22.1 Å². The van der Waals surface area contributed by atoms with Gasteiger partial charge in [-0.3, -0.25) is 9.35 Å². The lowest BCUT2D eigenvalue weighted by atomic mass is 10.0. The van der Waals surface area contributed by atoms with E-state index < -0.39 is 16.0 Å². The van der Waals surface area contributed by atoms with E-state index in [4.69, 9.17) is 4.55 Å². The Balaban J connectivity index is 2.14. The van der Waals surface area contributed by atoms with Crippen molar-refractivity contribution in [2.75, 3.05) is 10.6 Å². The molecule has 2 aromatic rings. The maximum absolute atomic E-state index is 12.3. The van der Waals surface area contributed by atoms with Crippen LogP contribution >= 0.6 is 0 Å². The Kier molecular flexibility index (Phi) is 6.34. The Morgan fingerprint density at radius 3 is 2.33 bits per heavy atom. The molecule has 0 spiro atoms. The molecule has 0 aromatic heterocycles. The number of nitriles is 1. The SMILES string of the molecule is CC(C)c1ccccc1N/C=C(/C#N)C(=O)Nc1ccc(S(=O)(=O)O)cc1. The molecule has 0 aliphatic heterocycles. The van der Waals surface area contributed by atoms with Crippen LogP contribution in [0.5, 0.6) is 0 Å². The molecule has 0 saturated carbocycles. The summed E-state index contributed by atoms with van der Waals surface area (Å²) < 4.78 is 31.0. The van der Waals surface area contributed by atoms with Crippen LogP contribution in [0.3, 0.4) is 0 Å². The molecule has 7 nitrogen and oxygen atoms in total. The lowest BCUT2D eigenvalue weighted by Gasteiger charge is -2.12. The van der Waals surface area contributed by atoms with Crippen molar-refractivity contribution in [1.82, 2.24) is 0 Å². The molecule has 0 unspecified atom stereocenters. The maximum Gasteiger partial charge on any atom is 0.294 e. The summed E-state index contributed by atoms with van der Waals surface area (Å²) in [5.74, 6) is -0.380. The molecule has 27 heavy (non-hydrogen) atoms. The largest absolute Gasteiger partial charge is 0.360 e. The number of hydrogen-bond acceptors (Lipinski definition) is 5. The molecule has 0 fully saturated rings. The molecule has 8 heteroatoms. The fraction of sp³-hybridized carbons (Fsp3) is 0.158. The van der Waals surface area contributed by atoms with Gasteiger partial charge in [0.15, 0.2) is 0 Å². The van der Waals surface area contributed by atoms with Gasteiger partial charge in [-0.15, -0.1) is 0 Å². The smallest absolute Gasteiger partial charge is 0.294 e. The summed E-state index contributed by atoms with van der Waals surface area (Å²) in [4.78, 5) is 12.0. The fourth-order valence-electron chi connectivity index (χ4n) is 2.34. The molecule has 140 valence electrons. The first-order valence-corrected chi connectivity index (χ1v) is 9.51. The molecular formula is C19H19N3O4S. The van der Waals surface area contributed by atoms with Crippen molar-refractivity contribution in [2.45, 2.75) is 24.7 Å². The highest BCUT2D eigenvalue weighted by Gasteiger charge is 2.12. The van der Waals surface area contributed by atoms with Gasteiger partial charge < -0.3 is 10.6 Å². The highest BCUT2D eigenvalue weighted by molar-refractivity contribution is 7.85. The second kappa shape index (κ2) is 8.49. The average Bonchev–Trinajstić information content (AvgIpc) is 2.62. The van der Waals surface area contributed by atoms with E-state index in [1.807, 2.05) is 44.2 Å². The van der Waals surface area contributed by atoms with Crippen LogP contribution in [0.2, 0.25) is 0 Å². The number of carbonyl (C=O) groups excluding carboxylic acids is 1. The quantitative estimate of drug-likeness (QED) is 0.398. The Hall–Kier alpha value is -3.15. The Morgan fingerprint density at radius 1 is 1.15 bits per heavy atom. The van der Waals surface area contributed by atoms with Crippen LogP contribution in [-0.2, 0) is 14.9 Å². The first kappa shape index (κ1) is 20.2. The molecular weight excluding hydrogens is 366 g/mol. The highest BCUT2D eigenvalue weighted by atomic mass is 32.2. The zero-order valence-electron chi connectivity index (χ0n) is 14.8. The normalized spacial score (nSPS) is 11.7. The first-order chi connectivity index (χ1) is 12.7. The van der Waals surface area contributed by atoms with Crippen molar-refractivity contribution in [2.24, 2.45) is 0 Å². The third-order valence-corrected chi connectivity index (χ3v) is 4.60.